The van der Waals surface area contributed by atoms with Gasteiger partial charge in [-0.3, -0.25) is 9.52 Å². The van der Waals surface area contributed by atoms with Gasteiger partial charge in [0.15, 0.2) is 5.13 Å². The fourth-order valence-electron chi connectivity index (χ4n) is 2.75. The van der Waals surface area contributed by atoms with Crippen LogP contribution in [0, 0.1) is 0 Å². The number of rotatable bonds is 7. The molecular weight excluding hydrogens is 410 g/mol. The summed E-state index contributed by atoms with van der Waals surface area (Å²) in [6, 6.07) is 14.3. The number of aliphatic hydroxyl groups excluding tert-OH is 1. The summed E-state index contributed by atoms with van der Waals surface area (Å²) in [5, 5.41) is 12.5. The highest BCUT2D eigenvalue weighted by Crippen LogP contribution is 2.22. The third-order valence-corrected chi connectivity index (χ3v) is 6.77. The first-order chi connectivity index (χ1) is 13.8. The highest BCUT2D eigenvalue weighted by molar-refractivity contribution is 7.93. The van der Waals surface area contributed by atoms with Crippen LogP contribution in [0.5, 0.6) is 0 Å². The second-order valence-electron chi connectivity index (χ2n) is 6.48. The SMILES string of the molecule is C[C@H]([C@@H](O)c1ccccc1)N(C)C(=O)c1ccc(S(=O)(=O)Nc2nccs2)cc1. The van der Waals surface area contributed by atoms with Gasteiger partial charge in [-0.2, -0.15) is 0 Å². The lowest BCUT2D eigenvalue weighted by atomic mass is 10.0. The van der Waals surface area contributed by atoms with Gasteiger partial charge in [-0.15, -0.1) is 11.3 Å². The largest absolute Gasteiger partial charge is 0.386 e. The lowest BCUT2D eigenvalue weighted by Gasteiger charge is -2.29. The molecule has 0 aliphatic heterocycles. The van der Waals surface area contributed by atoms with E-state index in [1.165, 1.54) is 46.7 Å². The number of amides is 1. The highest BCUT2D eigenvalue weighted by Gasteiger charge is 2.25. The maximum absolute atomic E-state index is 12.8. The summed E-state index contributed by atoms with van der Waals surface area (Å²) in [6.45, 7) is 1.76. The Bertz CT molecular complexity index is 1050. The molecule has 1 heterocycles. The summed E-state index contributed by atoms with van der Waals surface area (Å²) in [5.74, 6) is -0.315. The average molecular weight is 432 g/mol. The lowest BCUT2D eigenvalue weighted by Crippen LogP contribution is -2.39. The van der Waals surface area contributed by atoms with Crippen LogP contribution in [0.25, 0.3) is 0 Å². The van der Waals surface area contributed by atoms with Crippen LogP contribution in [0.3, 0.4) is 0 Å². The molecule has 2 atom stereocenters. The number of anilines is 1. The molecule has 29 heavy (non-hydrogen) atoms. The van der Waals surface area contributed by atoms with Gasteiger partial charge in [-0.1, -0.05) is 30.3 Å². The van der Waals surface area contributed by atoms with E-state index < -0.39 is 22.2 Å². The monoisotopic (exact) mass is 431 g/mol. The van der Waals surface area contributed by atoms with Crippen molar-refractivity contribution in [3.63, 3.8) is 0 Å². The van der Waals surface area contributed by atoms with Crippen LogP contribution in [0.1, 0.15) is 28.9 Å². The molecule has 3 aromatic rings. The van der Waals surface area contributed by atoms with Crippen molar-refractivity contribution in [3.05, 3.63) is 77.3 Å². The zero-order chi connectivity index (χ0) is 21.0. The van der Waals surface area contributed by atoms with Crippen LogP contribution in [0.4, 0.5) is 5.13 Å². The maximum Gasteiger partial charge on any atom is 0.263 e. The van der Waals surface area contributed by atoms with Crippen molar-refractivity contribution in [1.82, 2.24) is 9.88 Å². The van der Waals surface area contributed by atoms with Gasteiger partial charge in [0.1, 0.15) is 0 Å². The van der Waals surface area contributed by atoms with E-state index in [1.54, 1.807) is 31.5 Å². The van der Waals surface area contributed by atoms with Crippen molar-refractivity contribution in [1.29, 1.82) is 0 Å². The molecule has 1 amide bonds. The molecule has 0 aliphatic carbocycles. The number of likely N-dealkylation sites (N-methyl/N-ethyl adjacent to an activating group) is 1. The summed E-state index contributed by atoms with van der Waals surface area (Å²) in [6.07, 6.45) is 0.665. The molecule has 7 nitrogen and oxygen atoms in total. The Morgan fingerprint density at radius 2 is 1.79 bits per heavy atom. The van der Waals surface area contributed by atoms with Crippen LogP contribution in [-0.2, 0) is 10.0 Å². The van der Waals surface area contributed by atoms with E-state index in [1.807, 2.05) is 18.2 Å². The van der Waals surface area contributed by atoms with E-state index in [2.05, 4.69) is 9.71 Å². The van der Waals surface area contributed by atoms with E-state index in [0.717, 1.165) is 0 Å². The van der Waals surface area contributed by atoms with E-state index in [9.17, 15) is 18.3 Å². The van der Waals surface area contributed by atoms with E-state index in [4.69, 9.17) is 0 Å². The Morgan fingerprint density at radius 3 is 2.38 bits per heavy atom. The topological polar surface area (TPSA) is 99.6 Å². The molecule has 0 radical (unpaired) electrons. The molecule has 0 fully saturated rings. The van der Waals surface area contributed by atoms with Crippen LogP contribution >= 0.6 is 11.3 Å². The number of aliphatic hydroxyl groups is 1. The fraction of sp³-hybridized carbons (Fsp3) is 0.200. The number of hydrogen-bond acceptors (Lipinski definition) is 6. The molecule has 2 N–H and O–H groups in total. The van der Waals surface area contributed by atoms with E-state index in [-0.39, 0.29) is 15.9 Å². The van der Waals surface area contributed by atoms with Crippen molar-refractivity contribution >= 4 is 32.4 Å². The molecule has 152 valence electrons. The summed E-state index contributed by atoms with van der Waals surface area (Å²) in [7, 11) is -2.17. The normalized spacial score (nSPS) is 13.5. The molecule has 0 bridgehead atoms. The number of carbonyl (C=O) groups excluding carboxylic acids is 1. The highest BCUT2D eigenvalue weighted by atomic mass is 32.2. The molecule has 0 saturated carbocycles. The zero-order valence-electron chi connectivity index (χ0n) is 15.9. The first-order valence-electron chi connectivity index (χ1n) is 8.82. The number of sulfonamides is 1. The van der Waals surface area contributed by atoms with Crippen molar-refractivity contribution in [3.8, 4) is 0 Å². The number of carbonyl (C=O) groups is 1. The molecule has 2 aromatic carbocycles. The predicted octanol–water partition coefficient (Wildman–Crippen LogP) is 3.14. The third kappa shape index (κ3) is 4.81. The Morgan fingerprint density at radius 1 is 1.14 bits per heavy atom. The van der Waals surface area contributed by atoms with Crippen LogP contribution in [-0.4, -0.2) is 42.4 Å². The van der Waals surface area contributed by atoms with Gasteiger partial charge in [-0.25, -0.2) is 13.4 Å². The van der Waals surface area contributed by atoms with Crippen LogP contribution in [0.2, 0.25) is 0 Å². The average Bonchev–Trinajstić information content (AvgIpc) is 3.24. The number of aromatic nitrogens is 1. The minimum Gasteiger partial charge on any atom is -0.386 e. The second kappa shape index (κ2) is 8.73. The smallest absolute Gasteiger partial charge is 0.263 e. The lowest BCUT2D eigenvalue weighted by molar-refractivity contribution is 0.0487. The fourth-order valence-corrected chi connectivity index (χ4v) is 4.54. The quantitative estimate of drug-likeness (QED) is 0.599. The van der Waals surface area contributed by atoms with Crippen molar-refractivity contribution in [2.75, 3.05) is 11.8 Å². The molecule has 0 aliphatic rings. The van der Waals surface area contributed by atoms with E-state index in [0.29, 0.717) is 11.1 Å². The minimum absolute atomic E-state index is 0.0317. The predicted molar refractivity (Wildman–Crippen MR) is 112 cm³/mol. The Labute approximate surface area is 173 Å². The summed E-state index contributed by atoms with van der Waals surface area (Å²) in [4.78, 5) is 18.2. The summed E-state index contributed by atoms with van der Waals surface area (Å²) >= 11 is 1.17. The second-order valence-corrected chi connectivity index (χ2v) is 9.06. The number of nitrogens with zero attached hydrogens (tertiary/aromatic N) is 2. The first-order valence-corrected chi connectivity index (χ1v) is 11.2. The standard InChI is InChI=1S/C20H21N3O4S2/c1-14(18(24)15-6-4-3-5-7-15)23(2)19(25)16-8-10-17(11-9-16)29(26,27)22-20-21-12-13-28-20/h3-14,18,24H,1-2H3,(H,21,22)/t14-,18-/m1/s1. The van der Waals surface area contributed by atoms with Gasteiger partial charge < -0.3 is 10.0 Å². The molecular formula is C20H21N3O4S2. The number of hydrogen-bond donors (Lipinski definition) is 2. The molecule has 1 aromatic heterocycles. The minimum atomic E-state index is -3.78. The van der Waals surface area contributed by atoms with Crippen LogP contribution < -0.4 is 4.72 Å². The van der Waals surface area contributed by atoms with Crippen LogP contribution in [0.15, 0.2) is 71.1 Å². The Hall–Kier alpha value is -2.75. The van der Waals surface area contributed by atoms with Gasteiger partial charge >= 0.3 is 0 Å². The number of benzene rings is 2. The zero-order valence-corrected chi connectivity index (χ0v) is 17.5. The Balaban J connectivity index is 1.72. The molecule has 9 heteroatoms. The molecule has 0 saturated heterocycles. The molecule has 0 unspecified atom stereocenters. The summed E-state index contributed by atoms with van der Waals surface area (Å²) in [5.41, 5.74) is 1.04. The maximum atomic E-state index is 12.8. The number of thiazole rings is 1. The summed E-state index contributed by atoms with van der Waals surface area (Å²) < 4.78 is 27.2. The first kappa shape index (κ1) is 21.0. The number of nitrogens with one attached hydrogen (secondary N) is 1. The van der Waals surface area contributed by atoms with Gasteiger partial charge in [0, 0.05) is 24.2 Å². The van der Waals surface area contributed by atoms with Crippen molar-refractivity contribution in [2.45, 2.75) is 24.0 Å². The van der Waals surface area contributed by atoms with Gasteiger partial charge in [0.05, 0.1) is 17.0 Å². The van der Waals surface area contributed by atoms with E-state index >= 15 is 0 Å². The van der Waals surface area contributed by atoms with Gasteiger partial charge in [0.25, 0.3) is 15.9 Å². The van der Waals surface area contributed by atoms with Crippen molar-refractivity contribution < 1.29 is 18.3 Å². The molecule has 3 rings (SSSR count). The Kier molecular flexibility index (Phi) is 6.31. The van der Waals surface area contributed by atoms with Gasteiger partial charge in [-0.05, 0) is 36.8 Å². The molecule has 0 spiro atoms. The third-order valence-electron chi connectivity index (χ3n) is 4.59. The van der Waals surface area contributed by atoms with Gasteiger partial charge in [0.2, 0.25) is 0 Å². The van der Waals surface area contributed by atoms with Crippen molar-refractivity contribution in [2.24, 2.45) is 0 Å².